The van der Waals surface area contributed by atoms with E-state index < -0.39 is 8.07 Å². The van der Waals surface area contributed by atoms with Crippen LogP contribution in [0.4, 0.5) is 0 Å². The second-order valence-corrected chi connectivity index (χ2v) is 20.6. The van der Waals surface area contributed by atoms with Crippen molar-refractivity contribution in [2.45, 2.75) is 93.4 Å². The molecule has 0 amide bonds. The Labute approximate surface area is 332 Å². The molecule has 0 bridgehead atoms. The van der Waals surface area contributed by atoms with Crippen molar-refractivity contribution >= 4 is 51.8 Å². The van der Waals surface area contributed by atoms with Gasteiger partial charge < -0.3 is 9.67 Å². The molecule has 1 radical (unpaired) electrons. The predicted molar refractivity (Wildman–Crippen MR) is 226 cm³/mol. The molecule has 0 saturated carbocycles. The smallest absolute Gasteiger partial charge is 0.162 e. The van der Waals surface area contributed by atoms with Crippen molar-refractivity contribution in [1.82, 2.24) is 9.55 Å². The molecule has 0 unspecified atom stereocenters. The van der Waals surface area contributed by atoms with Gasteiger partial charge in [-0.25, -0.2) is 0 Å². The summed E-state index contributed by atoms with van der Waals surface area (Å²) in [5.41, 5.74) is 8.03. The van der Waals surface area contributed by atoms with E-state index in [2.05, 4.69) is 135 Å². The maximum Gasteiger partial charge on any atom is 0.162 e. The molecule has 0 fully saturated rings. The molecule has 53 heavy (non-hydrogen) atoms. The van der Waals surface area contributed by atoms with Crippen molar-refractivity contribution in [3.63, 3.8) is 0 Å². The number of hydrogen-bond donors (Lipinski definition) is 1. The number of pyridine rings is 1. The maximum absolute atomic E-state index is 11.7. The van der Waals surface area contributed by atoms with E-state index in [1.165, 1.54) is 49.6 Å². The van der Waals surface area contributed by atoms with Gasteiger partial charge in [-0.2, -0.15) is 0 Å². The van der Waals surface area contributed by atoms with Crippen molar-refractivity contribution < 1.29 is 30.0 Å². The molecule has 6 rings (SSSR count). The molecule has 0 spiro atoms. The van der Waals surface area contributed by atoms with Crippen LogP contribution in [-0.4, -0.2) is 28.5 Å². The first-order valence-electron chi connectivity index (χ1n) is 19.3. The summed E-state index contributed by atoms with van der Waals surface area (Å²) in [6.45, 7) is 20.8. The van der Waals surface area contributed by atoms with E-state index in [0.29, 0.717) is 5.92 Å². The van der Waals surface area contributed by atoms with Crippen LogP contribution in [-0.2, 0) is 31.4 Å². The van der Waals surface area contributed by atoms with E-state index in [4.69, 9.17) is 4.98 Å². The first-order chi connectivity index (χ1) is 24.9. The van der Waals surface area contributed by atoms with Gasteiger partial charge in [-0.1, -0.05) is 138 Å². The van der Waals surface area contributed by atoms with Crippen molar-refractivity contribution in [2.24, 2.45) is 17.8 Å². The topological polar surface area (TPSA) is 55.1 Å². The second-order valence-electron chi connectivity index (χ2n) is 15.6. The summed E-state index contributed by atoms with van der Waals surface area (Å²) in [4.78, 5) is 16.9. The molecule has 4 nitrogen and oxygen atoms in total. The standard InChI is InChI=1S/C34H33N2Si.C13H24O2.Ir/c1-23(2)22-36-33-14-10-9-13-27(33)28-17-15-25(19-34(28)36)32-21-29(24-11-7-6-8-12-24)30-20-26(37(3,4)5)16-18-31(30)35-32;1-5-10(6-2)12(14)9-13(15)11(7-3)8-4;/h6-14,16-21,23H,22H2,1-5H3;9-11,14H,5-8H2,1-4H3;/q-1;;/b;12-9-;. The minimum atomic E-state index is -1.46. The van der Waals surface area contributed by atoms with Gasteiger partial charge >= 0.3 is 0 Å². The summed E-state index contributed by atoms with van der Waals surface area (Å²) in [6, 6.07) is 36.6. The van der Waals surface area contributed by atoms with E-state index in [0.717, 1.165) is 49.0 Å². The fourth-order valence-electron chi connectivity index (χ4n) is 7.16. The van der Waals surface area contributed by atoms with Gasteiger partial charge in [0.1, 0.15) is 0 Å². The van der Waals surface area contributed by atoms with Crippen LogP contribution in [0.2, 0.25) is 19.6 Å². The van der Waals surface area contributed by atoms with E-state index >= 15 is 0 Å². The van der Waals surface area contributed by atoms with Crippen molar-refractivity contribution in [1.29, 1.82) is 0 Å². The maximum atomic E-state index is 11.7. The van der Waals surface area contributed by atoms with Gasteiger partial charge in [0.05, 0.1) is 19.3 Å². The number of aliphatic hydroxyl groups excluding tert-OH is 1. The quantitative estimate of drug-likeness (QED) is 0.0576. The molecule has 0 atom stereocenters. The fourth-order valence-corrected chi connectivity index (χ4v) is 8.32. The number of fused-ring (bicyclic) bond motifs is 4. The molecule has 1 N–H and O–H groups in total. The predicted octanol–water partition coefficient (Wildman–Crippen LogP) is 12.5. The molecule has 0 aliphatic carbocycles. The third-order valence-electron chi connectivity index (χ3n) is 10.4. The number of ketones is 1. The number of hydrogen-bond acceptors (Lipinski definition) is 3. The molecule has 4 aromatic carbocycles. The second kappa shape index (κ2) is 18.5. The normalized spacial score (nSPS) is 12.1. The zero-order valence-electron chi connectivity index (χ0n) is 33.1. The number of rotatable bonds is 12. The summed E-state index contributed by atoms with van der Waals surface area (Å²) in [5, 5.41) is 15.0. The van der Waals surface area contributed by atoms with Crippen molar-refractivity contribution in [3.05, 3.63) is 109 Å². The van der Waals surface area contributed by atoms with Crippen molar-refractivity contribution in [3.8, 4) is 22.4 Å². The van der Waals surface area contributed by atoms with Gasteiger partial charge in [0, 0.05) is 55.5 Å². The number of para-hydroxylation sites is 1. The molecule has 0 aliphatic rings. The van der Waals surface area contributed by atoms with Crippen LogP contribution in [0.15, 0.2) is 103 Å². The molecule has 0 saturated heterocycles. The Balaban J connectivity index is 0.000000335. The molecular formula is C47H57IrN2O2Si-. The summed E-state index contributed by atoms with van der Waals surface area (Å²) in [6.07, 6.45) is 4.91. The zero-order chi connectivity index (χ0) is 37.6. The van der Waals surface area contributed by atoms with E-state index in [1.54, 1.807) is 0 Å². The Morgan fingerprint density at radius 1 is 0.792 bits per heavy atom. The number of nitrogens with zero attached hydrogens (tertiary/aromatic N) is 2. The van der Waals surface area contributed by atoms with Gasteiger partial charge in [-0.15, -0.1) is 23.8 Å². The Kier molecular flexibility index (Phi) is 14.6. The van der Waals surface area contributed by atoms with Crippen LogP contribution in [0, 0.1) is 23.8 Å². The minimum Gasteiger partial charge on any atom is -0.512 e. The summed E-state index contributed by atoms with van der Waals surface area (Å²) in [5.74, 6) is 1.10. The first-order valence-corrected chi connectivity index (χ1v) is 22.8. The van der Waals surface area contributed by atoms with E-state index in [1.807, 2.05) is 27.7 Å². The number of benzene rings is 4. The fraction of sp³-hybridized carbons (Fsp3) is 0.362. The van der Waals surface area contributed by atoms with Gasteiger partial charge in [0.15, 0.2) is 5.78 Å². The SMILES string of the molecule is CC(C)Cn1c2ccccc2c2c[c-]c(-c3cc(-c4ccccc4)c4cc([Si](C)(C)C)ccc4n3)cc21.CCC(CC)C(=O)/C=C(\O)C(CC)CC.[Ir]. The Bertz CT molecular complexity index is 2170. The van der Waals surface area contributed by atoms with Crippen molar-refractivity contribution in [2.75, 3.05) is 0 Å². The monoisotopic (exact) mass is 902 g/mol. The Morgan fingerprint density at radius 2 is 1.43 bits per heavy atom. The number of carbonyl (C=O) groups excluding carboxylic acids is 1. The van der Waals surface area contributed by atoms with Crippen LogP contribution < -0.4 is 5.19 Å². The number of carbonyl (C=O) groups is 1. The Hall–Kier alpha value is -3.83. The van der Waals surface area contributed by atoms with Gasteiger partial charge in [0.2, 0.25) is 0 Å². The van der Waals surface area contributed by atoms with E-state index in [-0.39, 0.29) is 43.5 Å². The zero-order valence-corrected chi connectivity index (χ0v) is 36.5. The Morgan fingerprint density at radius 3 is 2.06 bits per heavy atom. The number of allylic oxidation sites excluding steroid dienone is 2. The molecule has 6 heteroatoms. The van der Waals surface area contributed by atoms with Crippen LogP contribution in [0.1, 0.15) is 67.2 Å². The van der Waals surface area contributed by atoms with Crippen LogP contribution in [0.5, 0.6) is 0 Å². The summed E-state index contributed by atoms with van der Waals surface area (Å²) < 4.78 is 2.46. The summed E-state index contributed by atoms with van der Waals surface area (Å²) >= 11 is 0. The third kappa shape index (κ3) is 9.65. The minimum absolute atomic E-state index is 0. The summed E-state index contributed by atoms with van der Waals surface area (Å²) in [7, 11) is -1.46. The molecule has 6 aromatic rings. The first kappa shape index (κ1) is 41.9. The molecule has 2 heterocycles. The average molecular weight is 902 g/mol. The number of aliphatic hydroxyl groups is 1. The van der Waals surface area contributed by atoms with Crippen LogP contribution in [0.25, 0.3) is 55.1 Å². The van der Waals surface area contributed by atoms with Crippen LogP contribution >= 0.6 is 0 Å². The average Bonchev–Trinajstić information content (AvgIpc) is 3.44. The third-order valence-corrected chi connectivity index (χ3v) is 12.4. The molecule has 0 aliphatic heterocycles. The van der Waals surface area contributed by atoms with E-state index in [9.17, 15) is 9.90 Å². The molecular weight excluding hydrogens is 845 g/mol. The molecule has 281 valence electrons. The number of aromatic nitrogens is 2. The largest absolute Gasteiger partial charge is 0.512 e. The van der Waals surface area contributed by atoms with Crippen LogP contribution in [0.3, 0.4) is 0 Å². The van der Waals surface area contributed by atoms with Gasteiger partial charge in [-0.3, -0.25) is 9.78 Å². The van der Waals surface area contributed by atoms with Gasteiger partial charge in [0.25, 0.3) is 0 Å². The molecule has 2 aromatic heterocycles. The van der Waals surface area contributed by atoms with Gasteiger partial charge in [-0.05, 0) is 71.5 Å².